The maximum absolute atomic E-state index is 12.3. The Hall–Kier alpha value is -1.79. The molecule has 122 valence electrons. The van der Waals surface area contributed by atoms with Crippen LogP contribution < -0.4 is 14.8 Å². The number of rotatable bonds is 6. The van der Waals surface area contributed by atoms with Gasteiger partial charge in [0.1, 0.15) is 11.5 Å². The summed E-state index contributed by atoms with van der Waals surface area (Å²) in [5.74, 6) is 1.72. The van der Waals surface area contributed by atoms with Crippen LogP contribution in [0.2, 0.25) is 0 Å². The number of nitrogens with one attached hydrogen (secondary N) is 1. The van der Waals surface area contributed by atoms with Crippen LogP contribution in [0.25, 0.3) is 0 Å². The number of likely N-dealkylation sites (N-methyl/N-ethyl adjacent to an activating group) is 1. The summed E-state index contributed by atoms with van der Waals surface area (Å²) in [6, 6.07) is 5.74. The molecule has 0 aromatic heterocycles. The third-order valence-electron chi connectivity index (χ3n) is 3.81. The number of ether oxygens (including phenoxy) is 2. The van der Waals surface area contributed by atoms with Crippen LogP contribution in [0.15, 0.2) is 18.2 Å². The fourth-order valence-electron chi connectivity index (χ4n) is 2.57. The number of piperazine rings is 1. The molecule has 1 amide bonds. The second-order valence-corrected chi connectivity index (χ2v) is 5.48. The second-order valence-electron chi connectivity index (χ2n) is 5.48. The molecule has 1 saturated heterocycles. The van der Waals surface area contributed by atoms with Crippen molar-refractivity contribution in [2.75, 3.05) is 54.0 Å². The van der Waals surface area contributed by atoms with Crippen molar-refractivity contribution in [3.05, 3.63) is 23.8 Å². The normalized spacial score (nSPS) is 15.0. The quantitative estimate of drug-likeness (QED) is 0.833. The molecule has 0 bridgehead atoms. The summed E-state index contributed by atoms with van der Waals surface area (Å²) in [7, 11) is 5.22. The van der Waals surface area contributed by atoms with E-state index in [4.69, 9.17) is 9.47 Å². The van der Waals surface area contributed by atoms with Crippen molar-refractivity contribution in [1.29, 1.82) is 0 Å². The summed E-state index contributed by atoms with van der Waals surface area (Å²) in [6.07, 6.45) is 0. The Morgan fingerprint density at radius 2 is 2.00 bits per heavy atom. The summed E-state index contributed by atoms with van der Waals surface area (Å²) in [6.45, 7) is 4.40. The molecule has 22 heavy (non-hydrogen) atoms. The Kier molecular flexibility index (Phi) is 6.03. The summed E-state index contributed by atoms with van der Waals surface area (Å²) in [5, 5.41) is 3.25. The van der Waals surface area contributed by atoms with Crippen molar-refractivity contribution in [3.63, 3.8) is 0 Å². The van der Waals surface area contributed by atoms with E-state index >= 15 is 0 Å². The Morgan fingerprint density at radius 1 is 1.27 bits per heavy atom. The van der Waals surface area contributed by atoms with Gasteiger partial charge in [-0.15, -0.1) is 0 Å². The smallest absolute Gasteiger partial charge is 0.236 e. The highest BCUT2D eigenvalue weighted by molar-refractivity contribution is 5.78. The molecule has 6 heteroatoms. The van der Waals surface area contributed by atoms with E-state index in [-0.39, 0.29) is 5.91 Å². The summed E-state index contributed by atoms with van der Waals surface area (Å²) in [5.41, 5.74) is 1.04. The highest BCUT2D eigenvalue weighted by Gasteiger charge is 2.18. The van der Waals surface area contributed by atoms with Gasteiger partial charge >= 0.3 is 0 Å². The average Bonchev–Trinajstić information content (AvgIpc) is 2.55. The van der Waals surface area contributed by atoms with Crippen molar-refractivity contribution in [2.45, 2.75) is 6.54 Å². The Labute approximate surface area is 132 Å². The maximum atomic E-state index is 12.3. The first kappa shape index (κ1) is 16.6. The van der Waals surface area contributed by atoms with Gasteiger partial charge < -0.3 is 19.7 Å². The molecule has 6 nitrogen and oxygen atoms in total. The van der Waals surface area contributed by atoms with Gasteiger partial charge in [0.25, 0.3) is 0 Å². The van der Waals surface area contributed by atoms with Crippen LogP contribution in [0.5, 0.6) is 11.5 Å². The number of methoxy groups -OCH3 is 2. The standard InChI is InChI=1S/C16H25N3O3/c1-18(12-16(20)19-8-6-17-7-9-19)11-13-4-5-14(21-2)10-15(13)22-3/h4-5,10,17H,6-9,11-12H2,1-3H3. The molecule has 0 aliphatic carbocycles. The van der Waals surface area contributed by atoms with Gasteiger partial charge in [-0.3, -0.25) is 9.69 Å². The van der Waals surface area contributed by atoms with E-state index in [1.54, 1.807) is 14.2 Å². The van der Waals surface area contributed by atoms with E-state index in [2.05, 4.69) is 5.32 Å². The van der Waals surface area contributed by atoms with Crippen molar-refractivity contribution in [2.24, 2.45) is 0 Å². The highest BCUT2D eigenvalue weighted by atomic mass is 16.5. The van der Waals surface area contributed by atoms with Crippen LogP contribution in [0.1, 0.15) is 5.56 Å². The van der Waals surface area contributed by atoms with Crippen LogP contribution in [0.3, 0.4) is 0 Å². The number of carbonyl (C=O) groups is 1. The van der Waals surface area contributed by atoms with E-state index in [9.17, 15) is 4.79 Å². The lowest BCUT2D eigenvalue weighted by Crippen LogP contribution is -2.49. The molecule has 1 heterocycles. The number of amides is 1. The fraction of sp³-hybridized carbons (Fsp3) is 0.562. The van der Waals surface area contributed by atoms with E-state index in [0.717, 1.165) is 43.2 Å². The Bertz CT molecular complexity index is 501. The van der Waals surface area contributed by atoms with Gasteiger partial charge in [0.05, 0.1) is 20.8 Å². The molecular weight excluding hydrogens is 282 g/mol. The van der Waals surface area contributed by atoms with Gasteiger partial charge in [0.2, 0.25) is 5.91 Å². The van der Waals surface area contributed by atoms with E-state index in [1.807, 2.05) is 35.0 Å². The lowest BCUT2D eigenvalue weighted by atomic mass is 10.1. The van der Waals surface area contributed by atoms with Crippen LogP contribution in [0.4, 0.5) is 0 Å². The van der Waals surface area contributed by atoms with Crippen molar-refractivity contribution < 1.29 is 14.3 Å². The van der Waals surface area contributed by atoms with E-state index < -0.39 is 0 Å². The maximum Gasteiger partial charge on any atom is 0.236 e. The monoisotopic (exact) mass is 307 g/mol. The van der Waals surface area contributed by atoms with Gasteiger partial charge in [-0.2, -0.15) is 0 Å². The van der Waals surface area contributed by atoms with Gasteiger partial charge in [0.15, 0.2) is 0 Å². The summed E-state index contributed by atoms with van der Waals surface area (Å²) < 4.78 is 10.6. The van der Waals surface area contributed by atoms with Gasteiger partial charge in [-0.1, -0.05) is 6.07 Å². The zero-order chi connectivity index (χ0) is 15.9. The first-order chi connectivity index (χ1) is 10.6. The minimum Gasteiger partial charge on any atom is -0.497 e. The van der Waals surface area contributed by atoms with Crippen molar-refractivity contribution >= 4 is 5.91 Å². The molecule has 0 saturated carbocycles. The molecule has 1 aromatic rings. The molecule has 2 rings (SSSR count). The average molecular weight is 307 g/mol. The predicted octanol–water partition coefficient (Wildman–Crippen LogP) is 0.567. The van der Waals surface area contributed by atoms with Gasteiger partial charge in [-0.05, 0) is 13.1 Å². The first-order valence-corrected chi connectivity index (χ1v) is 7.52. The van der Waals surface area contributed by atoms with E-state index in [0.29, 0.717) is 13.1 Å². The molecule has 1 aliphatic rings. The number of nitrogens with zero attached hydrogens (tertiary/aromatic N) is 2. The topological polar surface area (TPSA) is 54.0 Å². The van der Waals surface area contributed by atoms with Crippen LogP contribution in [-0.2, 0) is 11.3 Å². The van der Waals surface area contributed by atoms with Gasteiger partial charge in [0, 0.05) is 44.4 Å². The lowest BCUT2D eigenvalue weighted by molar-refractivity contribution is -0.132. The highest BCUT2D eigenvalue weighted by Crippen LogP contribution is 2.25. The first-order valence-electron chi connectivity index (χ1n) is 7.52. The fourth-order valence-corrected chi connectivity index (χ4v) is 2.57. The molecule has 0 radical (unpaired) electrons. The van der Waals surface area contributed by atoms with Crippen LogP contribution in [0, 0.1) is 0 Å². The molecule has 1 fully saturated rings. The summed E-state index contributed by atoms with van der Waals surface area (Å²) >= 11 is 0. The molecule has 1 aliphatic heterocycles. The number of hydrogen-bond acceptors (Lipinski definition) is 5. The SMILES string of the molecule is COc1ccc(CN(C)CC(=O)N2CCNCC2)c(OC)c1. The minimum atomic E-state index is 0.177. The molecule has 0 unspecified atom stereocenters. The predicted molar refractivity (Wildman–Crippen MR) is 85.3 cm³/mol. The summed E-state index contributed by atoms with van der Waals surface area (Å²) in [4.78, 5) is 16.2. The lowest BCUT2D eigenvalue weighted by Gasteiger charge is -2.29. The number of carbonyl (C=O) groups excluding carboxylic acids is 1. The zero-order valence-electron chi connectivity index (χ0n) is 13.6. The third-order valence-corrected chi connectivity index (χ3v) is 3.81. The molecule has 1 N–H and O–H groups in total. The molecular formula is C16H25N3O3. The van der Waals surface area contributed by atoms with Crippen LogP contribution in [-0.4, -0.2) is 69.7 Å². The van der Waals surface area contributed by atoms with Crippen molar-refractivity contribution in [3.8, 4) is 11.5 Å². The molecule has 1 aromatic carbocycles. The Morgan fingerprint density at radius 3 is 2.64 bits per heavy atom. The van der Waals surface area contributed by atoms with E-state index in [1.165, 1.54) is 0 Å². The van der Waals surface area contributed by atoms with Gasteiger partial charge in [-0.25, -0.2) is 0 Å². The largest absolute Gasteiger partial charge is 0.497 e. The zero-order valence-corrected chi connectivity index (χ0v) is 13.6. The minimum absolute atomic E-state index is 0.177. The molecule has 0 atom stereocenters. The van der Waals surface area contributed by atoms with Crippen LogP contribution >= 0.6 is 0 Å². The third kappa shape index (κ3) is 4.35. The number of benzene rings is 1. The molecule has 0 spiro atoms. The Balaban J connectivity index is 1.93. The second kappa shape index (κ2) is 8.00. The van der Waals surface area contributed by atoms with Crippen molar-refractivity contribution in [1.82, 2.24) is 15.1 Å². The number of hydrogen-bond donors (Lipinski definition) is 1.